The van der Waals surface area contributed by atoms with E-state index in [2.05, 4.69) is 140 Å². The molecule has 0 radical (unpaired) electrons. The van der Waals surface area contributed by atoms with E-state index in [-0.39, 0.29) is 0 Å². The summed E-state index contributed by atoms with van der Waals surface area (Å²) in [7, 11) is 2.09. The molecule has 0 fully saturated rings. The molecule has 2 heteroatoms. The molecule has 0 saturated heterocycles. The van der Waals surface area contributed by atoms with Crippen molar-refractivity contribution < 1.29 is 8.98 Å². The van der Waals surface area contributed by atoms with Crippen LogP contribution in [-0.4, -0.2) is 0 Å². The van der Waals surface area contributed by atoms with Crippen molar-refractivity contribution in [3.05, 3.63) is 127 Å². The maximum absolute atomic E-state index is 6.89. The molecule has 0 amide bonds. The Morgan fingerprint density at radius 3 is 2.08 bits per heavy atom. The molecular weight excluding hydrogens is 474 g/mol. The molecule has 2 heterocycles. The van der Waals surface area contributed by atoms with Gasteiger partial charge in [-0.25, -0.2) is 4.57 Å². The topological polar surface area (TPSA) is 17.0 Å². The molecule has 184 valence electrons. The highest BCUT2D eigenvalue weighted by molar-refractivity contribution is 6.23. The number of fused-ring (bicyclic) bond motifs is 8. The predicted molar refractivity (Wildman–Crippen MR) is 163 cm³/mol. The lowest BCUT2D eigenvalue weighted by atomic mass is 9.90. The minimum absolute atomic E-state index is 0.933. The number of furan rings is 1. The zero-order valence-corrected chi connectivity index (χ0v) is 21.9. The number of rotatable bonds is 2. The van der Waals surface area contributed by atoms with Gasteiger partial charge in [-0.1, -0.05) is 91.0 Å². The van der Waals surface area contributed by atoms with Crippen molar-refractivity contribution in [3.8, 4) is 22.4 Å². The number of aryl methyl sites for hydroxylation is 2. The van der Waals surface area contributed by atoms with E-state index in [1.807, 2.05) is 0 Å². The van der Waals surface area contributed by atoms with Crippen LogP contribution in [0.5, 0.6) is 0 Å². The number of para-hydroxylation sites is 1. The molecule has 0 spiro atoms. The van der Waals surface area contributed by atoms with Crippen LogP contribution < -0.4 is 4.57 Å². The van der Waals surface area contributed by atoms with Crippen molar-refractivity contribution in [1.82, 2.24) is 0 Å². The summed E-state index contributed by atoms with van der Waals surface area (Å²) in [5.74, 6) is 0. The van der Waals surface area contributed by atoms with E-state index in [4.69, 9.17) is 4.42 Å². The van der Waals surface area contributed by atoms with Crippen molar-refractivity contribution in [2.75, 3.05) is 0 Å². The lowest BCUT2D eigenvalue weighted by Crippen LogP contribution is -2.30. The number of aromatic nitrogens is 1. The standard InChI is InChI=1S/C37H26NO/c1-23-17-19-31-29-14-9-15-30(36(29)39-37(31)35(23)34-16-7-8-21-38(34)2)33-22-32-25-11-4-3-10-24(25)18-20-28(32)26-12-5-6-13-27(26)33/h3-22H,1-2H3/q+1. The third kappa shape index (κ3) is 3.18. The smallest absolute Gasteiger partial charge is 0.216 e. The molecule has 2 aromatic heterocycles. The molecule has 6 aromatic carbocycles. The minimum Gasteiger partial charge on any atom is -0.454 e. The van der Waals surface area contributed by atoms with Crippen LogP contribution in [0.15, 0.2) is 126 Å². The summed E-state index contributed by atoms with van der Waals surface area (Å²) in [6.45, 7) is 2.16. The van der Waals surface area contributed by atoms with Gasteiger partial charge in [-0.3, -0.25) is 0 Å². The molecule has 0 unspecified atom stereocenters. The number of pyridine rings is 1. The second-order valence-corrected chi connectivity index (χ2v) is 10.5. The Labute approximate surface area is 226 Å². The number of hydrogen-bond acceptors (Lipinski definition) is 1. The minimum atomic E-state index is 0.933. The fourth-order valence-electron chi connectivity index (χ4n) is 6.36. The summed E-state index contributed by atoms with van der Waals surface area (Å²) in [6.07, 6.45) is 2.09. The van der Waals surface area contributed by atoms with Gasteiger partial charge in [0, 0.05) is 28.5 Å². The Hall–Kier alpha value is -4.95. The van der Waals surface area contributed by atoms with Crippen molar-refractivity contribution >= 4 is 54.3 Å². The molecule has 0 N–H and O–H groups in total. The molecule has 0 aliphatic carbocycles. The monoisotopic (exact) mass is 500 g/mol. The first kappa shape index (κ1) is 22.1. The van der Waals surface area contributed by atoms with Crippen molar-refractivity contribution in [3.63, 3.8) is 0 Å². The summed E-state index contributed by atoms with van der Waals surface area (Å²) in [6, 6.07) is 41.6. The molecule has 8 aromatic rings. The molecule has 39 heavy (non-hydrogen) atoms. The first-order valence-corrected chi connectivity index (χ1v) is 13.4. The maximum Gasteiger partial charge on any atom is 0.216 e. The quantitative estimate of drug-likeness (QED) is 0.171. The molecule has 0 saturated carbocycles. The van der Waals surface area contributed by atoms with Gasteiger partial charge in [0.15, 0.2) is 6.20 Å². The van der Waals surface area contributed by atoms with Gasteiger partial charge < -0.3 is 4.42 Å². The largest absolute Gasteiger partial charge is 0.454 e. The first-order valence-electron chi connectivity index (χ1n) is 13.4. The van der Waals surface area contributed by atoms with E-state index in [1.54, 1.807) is 0 Å². The number of nitrogens with zero attached hydrogens (tertiary/aromatic N) is 1. The Morgan fingerprint density at radius 1 is 0.513 bits per heavy atom. The number of benzene rings is 6. The Morgan fingerprint density at radius 2 is 1.21 bits per heavy atom. The Balaban J connectivity index is 1.51. The maximum atomic E-state index is 6.89. The van der Waals surface area contributed by atoms with Crippen LogP contribution in [0.4, 0.5) is 0 Å². The summed E-state index contributed by atoms with van der Waals surface area (Å²) < 4.78 is 9.06. The third-order valence-electron chi connectivity index (χ3n) is 8.24. The third-order valence-corrected chi connectivity index (χ3v) is 8.24. The van der Waals surface area contributed by atoms with Gasteiger partial charge in [0.1, 0.15) is 18.2 Å². The fraction of sp³-hybridized carbons (Fsp3) is 0.0541. The number of hydrogen-bond donors (Lipinski definition) is 0. The van der Waals surface area contributed by atoms with E-state index in [0.29, 0.717) is 0 Å². The zero-order valence-electron chi connectivity index (χ0n) is 21.9. The summed E-state index contributed by atoms with van der Waals surface area (Å²) in [5.41, 5.74) is 7.68. The van der Waals surface area contributed by atoms with Gasteiger partial charge in [0.25, 0.3) is 0 Å². The first-order chi connectivity index (χ1) is 19.2. The van der Waals surface area contributed by atoms with Crippen molar-refractivity contribution in [2.45, 2.75) is 6.92 Å². The van der Waals surface area contributed by atoms with Crippen LogP contribution in [0.1, 0.15) is 5.56 Å². The van der Waals surface area contributed by atoms with Crippen LogP contribution in [0.25, 0.3) is 76.6 Å². The highest BCUT2D eigenvalue weighted by atomic mass is 16.3. The van der Waals surface area contributed by atoms with Crippen LogP contribution in [0, 0.1) is 6.92 Å². The molecular formula is C37H26NO+. The van der Waals surface area contributed by atoms with Crippen molar-refractivity contribution in [2.24, 2.45) is 7.05 Å². The highest BCUT2D eigenvalue weighted by Crippen LogP contribution is 2.44. The Bertz CT molecular complexity index is 2250. The summed E-state index contributed by atoms with van der Waals surface area (Å²) in [5, 5.41) is 9.85. The van der Waals surface area contributed by atoms with Crippen molar-refractivity contribution in [1.29, 1.82) is 0 Å². The van der Waals surface area contributed by atoms with Crippen LogP contribution in [0.3, 0.4) is 0 Å². The van der Waals surface area contributed by atoms with E-state index < -0.39 is 0 Å². The second-order valence-electron chi connectivity index (χ2n) is 10.5. The fourth-order valence-corrected chi connectivity index (χ4v) is 6.36. The van der Waals surface area contributed by atoms with Gasteiger partial charge in [-0.05, 0) is 62.5 Å². The molecule has 0 bridgehead atoms. The molecule has 0 atom stereocenters. The van der Waals surface area contributed by atoms with Gasteiger partial charge >= 0.3 is 0 Å². The average Bonchev–Trinajstić information content (AvgIpc) is 3.36. The zero-order chi connectivity index (χ0) is 26.1. The van der Waals surface area contributed by atoms with E-state index in [1.165, 1.54) is 43.4 Å². The summed E-state index contributed by atoms with van der Waals surface area (Å²) in [4.78, 5) is 0. The molecule has 2 nitrogen and oxygen atoms in total. The van der Waals surface area contributed by atoms with E-state index in [0.717, 1.165) is 38.8 Å². The predicted octanol–water partition coefficient (Wildman–Crippen LogP) is 9.51. The van der Waals surface area contributed by atoms with Gasteiger partial charge in [0.2, 0.25) is 5.69 Å². The Kier molecular flexibility index (Phi) is 4.68. The van der Waals surface area contributed by atoms with Gasteiger partial charge in [-0.2, -0.15) is 0 Å². The molecule has 0 aliphatic heterocycles. The lowest BCUT2D eigenvalue weighted by molar-refractivity contribution is -0.660. The normalized spacial score (nSPS) is 11.8. The van der Waals surface area contributed by atoms with Gasteiger partial charge in [-0.15, -0.1) is 0 Å². The van der Waals surface area contributed by atoms with Gasteiger partial charge in [0.05, 0.1) is 5.56 Å². The summed E-state index contributed by atoms with van der Waals surface area (Å²) >= 11 is 0. The van der Waals surface area contributed by atoms with Crippen LogP contribution >= 0.6 is 0 Å². The van der Waals surface area contributed by atoms with Crippen LogP contribution in [-0.2, 0) is 7.05 Å². The van der Waals surface area contributed by atoms with Crippen LogP contribution in [0.2, 0.25) is 0 Å². The SMILES string of the molecule is Cc1ccc2c(oc3c(-c4cc5c6ccccc6ccc5c5ccccc45)cccc32)c1-c1cccc[n+]1C. The average molecular weight is 501 g/mol. The van der Waals surface area contributed by atoms with E-state index >= 15 is 0 Å². The lowest BCUT2D eigenvalue weighted by Gasteiger charge is -2.13. The molecule has 8 rings (SSSR count). The highest BCUT2D eigenvalue weighted by Gasteiger charge is 2.22. The van der Waals surface area contributed by atoms with E-state index in [9.17, 15) is 0 Å². The second kappa shape index (κ2) is 8.28. The molecule has 0 aliphatic rings.